The molecule has 23 heavy (non-hydrogen) atoms. The van der Waals surface area contributed by atoms with Crippen LogP contribution in [0.4, 0.5) is 5.82 Å². The quantitative estimate of drug-likeness (QED) is 0.852. The lowest BCUT2D eigenvalue weighted by molar-refractivity contribution is 0.257. The van der Waals surface area contributed by atoms with Crippen LogP contribution in [0.15, 0.2) is 30.6 Å². The summed E-state index contributed by atoms with van der Waals surface area (Å²) < 4.78 is 0. The van der Waals surface area contributed by atoms with Crippen LogP contribution in [0.25, 0.3) is 11.4 Å². The molecule has 5 heteroatoms. The van der Waals surface area contributed by atoms with Crippen LogP contribution in [0.3, 0.4) is 0 Å². The number of nitrogens with zero attached hydrogens (tertiary/aromatic N) is 4. The summed E-state index contributed by atoms with van der Waals surface area (Å²) >= 11 is 0. The van der Waals surface area contributed by atoms with E-state index >= 15 is 0 Å². The van der Waals surface area contributed by atoms with Crippen molar-refractivity contribution in [3.63, 3.8) is 0 Å². The van der Waals surface area contributed by atoms with Crippen molar-refractivity contribution in [2.75, 3.05) is 18.9 Å². The molecule has 0 saturated heterocycles. The van der Waals surface area contributed by atoms with E-state index in [9.17, 15) is 0 Å². The van der Waals surface area contributed by atoms with Gasteiger partial charge in [-0.25, -0.2) is 9.97 Å². The van der Waals surface area contributed by atoms with Gasteiger partial charge in [0, 0.05) is 48.3 Å². The Hall–Kier alpha value is -2.01. The van der Waals surface area contributed by atoms with E-state index in [-0.39, 0.29) is 0 Å². The Morgan fingerprint density at radius 1 is 1.26 bits per heavy atom. The SMILES string of the molecule is CCc1cc(NCC(C)N(C)C2CC2)nc(-c2ccncc2)n1. The van der Waals surface area contributed by atoms with Gasteiger partial charge in [0.2, 0.25) is 0 Å². The predicted octanol–water partition coefficient (Wildman–Crippen LogP) is 3.00. The fourth-order valence-electron chi connectivity index (χ4n) is 2.64. The molecule has 0 aromatic carbocycles. The molecule has 0 bridgehead atoms. The van der Waals surface area contributed by atoms with E-state index in [2.05, 4.69) is 52.1 Å². The summed E-state index contributed by atoms with van der Waals surface area (Å²) in [5.41, 5.74) is 2.05. The minimum absolute atomic E-state index is 0.493. The van der Waals surface area contributed by atoms with Crippen LogP contribution >= 0.6 is 0 Å². The highest BCUT2D eigenvalue weighted by Gasteiger charge is 2.28. The van der Waals surface area contributed by atoms with Gasteiger partial charge in [-0.15, -0.1) is 0 Å². The molecular formula is C18H25N5. The van der Waals surface area contributed by atoms with Crippen LogP contribution < -0.4 is 5.32 Å². The largest absolute Gasteiger partial charge is 0.368 e. The first-order valence-corrected chi connectivity index (χ1v) is 8.41. The van der Waals surface area contributed by atoms with E-state index in [1.54, 1.807) is 12.4 Å². The van der Waals surface area contributed by atoms with E-state index in [0.29, 0.717) is 6.04 Å². The van der Waals surface area contributed by atoms with Gasteiger partial charge in [-0.05, 0) is 45.4 Å². The summed E-state index contributed by atoms with van der Waals surface area (Å²) in [6.07, 6.45) is 7.11. The van der Waals surface area contributed by atoms with Crippen LogP contribution in [-0.2, 0) is 6.42 Å². The Morgan fingerprint density at radius 2 is 2.00 bits per heavy atom. The molecule has 1 aliphatic rings. The molecule has 1 fully saturated rings. The van der Waals surface area contributed by atoms with Gasteiger partial charge in [-0.3, -0.25) is 9.88 Å². The zero-order chi connectivity index (χ0) is 16.2. The number of rotatable bonds is 7. The molecule has 1 aliphatic carbocycles. The van der Waals surface area contributed by atoms with E-state index in [1.807, 2.05) is 12.1 Å². The fourth-order valence-corrected chi connectivity index (χ4v) is 2.64. The highest BCUT2D eigenvalue weighted by atomic mass is 15.2. The molecule has 122 valence electrons. The Labute approximate surface area is 138 Å². The lowest BCUT2D eigenvalue weighted by Gasteiger charge is -2.25. The molecule has 1 atom stereocenters. The maximum atomic E-state index is 4.67. The molecule has 2 heterocycles. The number of nitrogens with one attached hydrogen (secondary N) is 1. The molecule has 0 aliphatic heterocycles. The van der Waals surface area contributed by atoms with E-state index in [1.165, 1.54) is 12.8 Å². The lowest BCUT2D eigenvalue weighted by Crippen LogP contribution is -2.36. The monoisotopic (exact) mass is 311 g/mol. The standard InChI is InChI=1S/C18H25N5/c1-4-15-11-17(20-12-13(2)23(3)16-5-6-16)22-18(21-15)14-7-9-19-10-8-14/h7-11,13,16H,4-6,12H2,1-3H3,(H,20,21,22). The third kappa shape index (κ3) is 4.05. The molecule has 0 spiro atoms. The highest BCUT2D eigenvalue weighted by molar-refractivity contribution is 5.56. The van der Waals surface area contributed by atoms with E-state index < -0.39 is 0 Å². The molecule has 3 rings (SSSR count). The van der Waals surface area contributed by atoms with Gasteiger partial charge in [-0.2, -0.15) is 0 Å². The number of anilines is 1. The molecule has 1 N–H and O–H groups in total. The summed E-state index contributed by atoms with van der Waals surface area (Å²) in [5, 5.41) is 3.48. The number of aryl methyl sites for hydroxylation is 1. The third-order valence-corrected chi connectivity index (χ3v) is 4.48. The Morgan fingerprint density at radius 3 is 2.65 bits per heavy atom. The summed E-state index contributed by atoms with van der Waals surface area (Å²) in [5.74, 6) is 1.66. The van der Waals surface area contributed by atoms with Crippen molar-refractivity contribution >= 4 is 5.82 Å². The molecule has 1 saturated carbocycles. The van der Waals surface area contributed by atoms with Gasteiger partial charge in [-0.1, -0.05) is 6.92 Å². The van der Waals surface area contributed by atoms with Crippen molar-refractivity contribution in [2.24, 2.45) is 0 Å². The van der Waals surface area contributed by atoms with Crippen molar-refractivity contribution in [3.05, 3.63) is 36.3 Å². The normalized spacial score (nSPS) is 15.7. The van der Waals surface area contributed by atoms with Gasteiger partial charge in [0.15, 0.2) is 5.82 Å². The fraction of sp³-hybridized carbons (Fsp3) is 0.500. The second kappa shape index (κ2) is 7.04. The number of likely N-dealkylation sites (N-methyl/N-ethyl adjacent to an activating group) is 1. The van der Waals surface area contributed by atoms with Gasteiger partial charge < -0.3 is 5.32 Å². The maximum absolute atomic E-state index is 4.67. The van der Waals surface area contributed by atoms with Crippen molar-refractivity contribution in [3.8, 4) is 11.4 Å². The summed E-state index contributed by atoms with van der Waals surface area (Å²) in [7, 11) is 2.21. The Bertz CT molecular complexity index is 639. The highest BCUT2D eigenvalue weighted by Crippen LogP contribution is 2.27. The van der Waals surface area contributed by atoms with Crippen molar-refractivity contribution in [2.45, 2.75) is 45.2 Å². The molecular weight excluding hydrogens is 286 g/mol. The lowest BCUT2D eigenvalue weighted by atomic mass is 10.2. The van der Waals surface area contributed by atoms with Crippen molar-refractivity contribution in [1.29, 1.82) is 0 Å². The van der Waals surface area contributed by atoms with E-state index in [0.717, 1.165) is 41.9 Å². The van der Waals surface area contributed by atoms with Gasteiger partial charge >= 0.3 is 0 Å². The van der Waals surface area contributed by atoms with Gasteiger partial charge in [0.05, 0.1) is 0 Å². The minimum Gasteiger partial charge on any atom is -0.368 e. The van der Waals surface area contributed by atoms with Crippen LogP contribution in [0.1, 0.15) is 32.4 Å². The molecule has 1 unspecified atom stereocenters. The Kier molecular flexibility index (Phi) is 4.86. The Balaban J connectivity index is 1.73. The summed E-state index contributed by atoms with van der Waals surface area (Å²) in [6.45, 7) is 5.27. The molecule has 0 amide bonds. The number of hydrogen-bond acceptors (Lipinski definition) is 5. The zero-order valence-electron chi connectivity index (χ0n) is 14.2. The van der Waals surface area contributed by atoms with Gasteiger partial charge in [0.25, 0.3) is 0 Å². The smallest absolute Gasteiger partial charge is 0.161 e. The second-order valence-corrected chi connectivity index (χ2v) is 6.28. The van der Waals surface area contributed by atoms with Crippen LogP contribution in [0, 0.1) is 0 Å². The average molecular weight is 311 g/mol. The zero-order valence-corrected chi connectivity index (χ0v) is 14.2. The first-order valence-electron chi connectivity index (χ1n) is 8.41. The van der Waals surface area contributed by atoms with Crippen LogP contribution in [0.2, 0.25) is 0 Å². The third-order valence-electron chi connectivity index (χ3n) is 4.48. The number of pyridine rings is 1. The van der Waals surface area contributed by atoms with Crippen molar-refractivity contribution in [1.82, 2.24) is 19.9 Å². The van der Waals surface area contributed by atoms with E-state index in [4.69, 9.17) is 0 Å². The van der Waals surface area contributed by atoms with Crippen molar-refractivity contribution < 1.29 is 0 Å². The minimum atomic E-state index is 0.493. The first kappa shape index (κ1) is 15.9. The summed E-state index contributed by atoms with van der Waals surface area (Å²) in [6, 6.07) is 7.21. The molecule has 0 radical (unpaired) electrons. The number of aromatic nitrogens is 3. The summed E-state index contributed by atoms with van der Waals surface area (Å²) in [4.78, 5) is 15.8. The average Bonchev–Trinajstić information content (AvgIpc) is 3.44. The topological polar surface area (TPSA) is 53.9 Å². The molecule has 2 aromatic heterocycles. The number of hydrogen-bond donors (Lipinski definition) is 1. The second-order valence-electron chi connectivity index (χ2n) is 6.28. The van der Waals surface area contributed by atoms with Crippen LogP contribution in [-0.4, -0.2) is 45.5 Å². The van der Waals surface area contributed by atoms with Crippen LogP contribution in [0.5, 0.6) is 0 Å². The maximum Gasteiger partial charge on any atom is 0.161 e. The van der Waals surface area contributed by atoms with Gasteiger partial charge in [0.1, 0.15) is 5.82 Å². The molecule has 2 aromatic rings. The molecule has 5 nitrogen and oxygen atoms in total. The predicted molar refractivity (Wildman–Crippen MR) is 93.4 cm³/mol. The first-order chi connectivity index (χ1) is 11.2.